The minimum Gasteiger partial charge on any atom is -0.445 e. The van der Waals surface area contributed by atoms with Gasteiger partial charge in [0.25, 0.3) is 0 Å². The van der Waals surface area contributed by atoms with Crippen LogP contribution in [0.25, 0.3) is 11.3 Å². The number of nitrogens with two attached hydrogens (primary N) is 1. The summed E-state index contributed by atoms with van der Waals surface area (Å²) in [5, 5.41) is 10.5. The fourth-order valence-corrected chi connectivity index (χ4v) is 4.14. The Morgan fingerprint density at radius 2 is 1.81 bits per heavy atom. The highest BCUT2D eigenvalue weighted by Gasteiger charge is 2.56. The Morgan fingerprint density at radius 3 is 2.36 bits per heavy atom. The van der Waals surface area contributed by atoms with Crippen molar-refractivity contribution in [2.24, 2.45) is 5.73 Å². The fourth-order valence-electron chi connectivity index (χ4n) is 4.14. The molecular weight excluding hydrogens is 478 g/mol. The van der Waals surface area contributed by atoms with E-state index in [4.69, 9.17) is 10.5 Å². The van der Waals surface area contributed by atoms with Crippen molar-refractivity contribution in [1.29, 1.82) is 0 Å². The molecule has 1 aliphatic rings. The first-order chi connectivity index (χ1) is 17.0. The lowest BCUT2D eigenvalue weighted by molar-refractivity contribution is -0.263. The Labute approximate surface area is 205 Å². The monoisotopic (exact) mass is 503 g/mol. The molecule has 0 aliphatic carbocycles. The Bertz CT molecular complexity index is 1240. The maximum absolute atomic E-state index is 13.9. The van der Waals surface area contributed by atoms with Crippen LogP contribution in [0, 0.1) is 5.82 Å². The number of carbonyl (C=O) groups excluding carboxylic acids is 1. The molecule has 4 rings (SSSR count). The Balaban J connectivity index is 1.73. The van der Waals surface area contributed by atoms with E-state index in [-0.39, 0.29) is 12.3 Å². The Kier molecular flexibility index (Phi) is 6.76. The quantitative estimate of drug-likeness (QED) is 0.470. The van der Waals surface area contributed by atoms with Crippen LogP contribution >= 0.6 is 0 Å². The smallest absolute Gasteiger partial charge is 0.424 e. The SMILES string of the molecule is C[C@@]1(c2cc(-c3ccc(F)cc3)nc([C@@](O)(CN)C(F)(F)F)c2)CCN1C(=O)OCc1ccccc1. The van der Waals surface area contributed by atoms with Gasteiger partial charge in [-0.3, -0.25) is 4.90 Å². The second-order valence-corrected chi connectivity index (χ2v) is 8.91. The molecule has 0 bridgehead atoms. The molecule has 1 aliphatic heterocycles. The van der Waals surface area contributed by atoms with Crippen LogP contribution in [0.3, 0.4) is 0 Å². The minimum absolute atomic E-state index is 0.0374. The lowest BCUT2D eigenvalue weighted by Gasteiger charge is -2.50. The number of aliphatic hydroxyl groups is 1. The third kappa shape index (κ3) is 4.66. The second kappa shape index (κ2) is 9.51. The average molecular weight is 503 g/mol. The van der Waals surface area contributed by atoms with E-state index in [1.165, 1.54) is 23.1 Å². The van der Waals surface area contributed by atoms with Gasteiger partial charge < -0.3 is 15.6 Å². The highest BCUT2D eigenvalue weighted by atomic mass is 19.4. The van der Waals surface area contributed by atoms with E-state index < -0.39 is 41.5 Å². The molecule has 1 aromatic heterocycles. The third-order valence-electron chi connectivity index (χ3n) is 6.62. The summed E-state index contributed by atoms with van der Waals surface area (Å²) in [7, 11) is 0. The zero-order valence-electron chi connectivity index (χ0n) is 19.4. The third-order valence-corrected chi connectivity index (χ3v) is 6.62. The molecule has 1 amide bonds. The van der Waals surface area contributed by atoms with Gasteiger partial charge in [0.05, 0.1) is 16.9 Å². The molecule has 0 spiro atoms. The van der Waals surface area contributed by atoms with Crippen molar-refractivity contribution >= 4 is 6.09 Å². The van der Waals surface area contributed by atoms with Gasteiger partial charge in [0, 0.05) is 18.7 Å². The lowest BCUT2D eigenvalue weighted by Crippen LogP contribution is -2.58. The van der Waals surface area contributed by atoms with Crippen molar-refractivity contribution in [2.75, 3.05) is 13.1 Å². The van der Waals surface area contributed by atoms with Gasteiger partial charge in [-0.25, -0.2) is 14.2 Å². The molecule has 2 aromatic carbocycles. The number of rotatable bonds is 6. The van der Waals surface area contributed by atoms with Crippen LogP contribution in [-0.2, 0) is 22.5 Å². The predicted molar refractivity (Wildman–Crippen MR) is 124 cm³/mol. The van der Waals surface area contributed by atoms with Gasteiger partial charge in [-0.1, -0.05) is 30.3 Å². The van der Waals surface area contributed by atoms with E-state index in [1.54, 1.807) is 19.1 Å². The first-order valence-electron chi connectivity index (χ1n) is 11.2. The van der Waals surface area contributed by atoms with Crippen LogP contribution < -0.4 is 5.73 Å². The van der Waals surface area contributed by atoms with E-state index in [2.05, 4.69) is 4.98 Å². The average Bonchev–Trinajstić information content (AvgIpc) is 2.86. The van der Waals surface area contributed by atoms with Crippen molar-refractivity contribution in [1.82, 2.24) is 9.88 Å². The van der Waals surface area contributed by atoms with Gasteiger partial charge in [0.1, 0.15) is 12.4 Å². The van der Waals surface area contributed by atoms with Gasteiger partial charge in [-0.2, -0.15) is 13.2 Å². The standard InChI is InChI=1S/C26H25F4N3O3/c1-24(11-12-33(24)23(34)36-15-17-5-3-2-4-6-17)19-13-21(18-7-9-20(27)10-8-18)32-22(14-19)25(35,16-31)26(28,29)30/h2-10,13-14,35H,11-12,15-16,31H2,1H3/t24-,25-/m0/s1. The number of pyridine rings is 1. The summed E-state index contributed by atoms with van der Waals surface area (Å²) in [6, 6.07) is 16.8. The zero-order valence-corrected chi connectivity index (χ0v) is 19.4. The molecule has 0 unspecified atom stereocenters. The van der Waals surface area contributed by atoms with Crippen LogP contribution in [0.5, 0.6) is 0 Å². The Hall–Kier alpha value is -3.50. The summed E-state index contributed by atoms with van der Waals surface area (Å²) in [4.78, 5) is 18.3. The number of alkyl halides is 3. The molecule has 2 heterocycles. The first-order valence-corrected chi connectivity index (χ1v) is 11.2. The first kappa shape index (κ1) is 25.6. The molecule has 2 atom stereocenters. The molecule has 1 saturated heterocycles. The maximum Gasteiger partial charge on any atom is 0.424 e. The van der Waals surface area contributed by atoms with Crippen molar-refractivity contribution in [3.8, 4) is 11.3 Å². The van der Waals surface area contributed by atoms with E-state index in [0.29, 0.717) is 24.1 Å². The molecule has 3 aromatic rings. The predicted octanol–water partition coefficient (Wildman–Crippen LogP) is 4.85. The molecule has 190 valence electrons. The molecule has 6 nitrogen and oxygen atoms in total. The number of aromatic nitrogens is 1. The largest absolute Gasteiger partial charge is 0.445 e. The van der Waals surface area contributed by atoms with Gasteiger partial charge >= 0.3 is 12.3 Å². The van der Waals surface area contributed by atoms with Gasteiger partial charge in [0.2, 0.25) is 5.60 Å². The molecule has 0 radical (unpaired) electrons. The summed E-state index contributed by atoms with van der Waals surface area (Å²) in [5.74, 6) is -0.526. The fraction of sp³-hybridized carbons (Fsp3) is 0.308. The number of hydrogen-bond acceptors (Lipinski definition) is 5. The van der Waals surface area contributed by atoms with Crippen molar-refractivity contribution in [2.45, 2.75) is 37.3 Å². The summed E-state index contributed by atoms with van der Waals surface area (Å²) < 4.78 is 60.5. The van der Waals surface area contributed by atoms with Crippen LogP contribution in [0.2, 0.25) is 0 Å². The topological polar surface area (TPSA) is 88.7 Å². The summed E-state index contributed by atoms with van der Waals surface area (Å²) >= 11 is 0. The van der Waals surface area contributed by atoms with Crippen LogP contribution in [0.1, 0.15) is 30.2 Å². The molecule has 10 heteroatoms. The van der Waals surface area contributed by atoms with E-state index in [0.717, 1.165) is 23.8 Å². The molecule has 36 heavy (non-hydrogen) atoms. The van der Waals surface area contributed by atoms with Crippen LogP contribution in [-0.4, -0.2) is 40.3 Å². The summed E-state index contributed by atoms with van der Waals surface area (Å²) in [6.45, 7) is 0.905. The zero-order chi connectivity index (χ0) is 26.1. The van der Waals surface area contributed by atoms with Crippen molar-refractivity contribution in [3.63, 3.8) is 0 Å². The highest BCUT2D eigenvalue weighted by molar-refractivity contribution is 5.71. The number of carbonyl (C=O) groups is 1. The number of hydrogen-bond donors (Lipinski definition) is 2. The number of ether oxygens (including phenoxy) is 1. The molecule has 3 N–H and O–H groups in total. The van der Waals surface area contributed by atoms with Crippen LogP contribution in [0.15, 0.2) is 66.7 Å². The second-order valence-electron chi connectivity index (χ2n) is 8.91. The summed E-state index contributed by atoms with van der Waals surface area (Å²) in [5.41, 5.74) is 1.72. The molecular formula is C26H25F4N3O3. The maximum atomic E-state index is 13.9. The van der Waals surface area contributed by atoms with Gasteiger partial charge in [-0.05, 0) is 60.9 Å². The van der Waals surface area contributed by atoms with Gasteiger partial charge in [-0.15, -0.1) is 0 Å². The summed E-state index contributed by atoms with van der Waals surface area (Å²) in [6.07, 6.45) is -5.30. The van der Waals surface area contributed by atoms with E-state index >= 15 is 0 Å². The van der Waals surface area contributed by atoms with Crippen LogP contribution in [0.4, 0.5) is 22.4 Å². The number of amides is 1. The number of halogens is 4. The van der Waals surface area contributed by atoms with Crippen molar-refractivity contribution < 1.29 is 32.2 Å². The minimum atomic E-state index is -5.11. The lowest BCUT2D eigenvalue weighted by atomic mass is 9.79. The normalized spacial score (nSPS) is 19.4. The van der Waals surface area contributed by atoms with Crippen molar-refractivity contribution in [3.05, 3.63) is 89.4 Å². The number of likely N-dealkylation sites (tertiary alicyclic amines) is 1. The van der Waals surface area contributed by atoms with E-state index in [9.17, 15) is 27.5 Å². The highest BCUT2D eigenvalue weighted by Crippen LogP contribution is 2.44. The van der Waals surface area contributed by atoms with E-state index in [1.807, 2.05) is 18.2 Å². The van der Waals surface area contributed by atoms with Gasteiger partial charge in [0.15, 0.2) is 0 Å². The molecule has 0 saturated carbocycles. The molecule has 1 fully saturated rings. The number of benzene rings is 2. The number of nitrogens with zero attached hydrogens (tertiary/aromatic N) is 2. The Morgan fingerprint density at radius 1 is 1.14 bits per heavy atom.